The summed E-state index contributed by atoms with van der Waals surface area (Å²) in [6.07, 6.45) is 6.47. The van der Waals surface area contributed by atoms with Gasteiger partial charge in [0.05, 0.1) is 29.5 Å². The highest BCUT2D eigenvalue weighted by atomic mass is 16.5. The summed E-state index contributed by atoms with van der Waals surface area (Å²) in [4.78, 5) is 4.33. The standard InChI is InChI=1S/C17H14N4O/c18-8-11-4-5-14-12(6-11)2-1-3-17(14)22-13-7-15-16(19-9-13)10-20-21-15/h4-7,9-10,17H,1-3H2,(H,20,21). The van der Waals surface area contributed by atoms with Crippen molar-refractivity contribution in [1.82, 2.24) is 15.2 Å². The lowest BCUT2D eigenvalue weighted by atomic mass is 9.88. The van der Waals surface area contributed by atoms with E-state index in [-0.39, 0.29) is 6.10 Å². The minimum Gasteiger partial charge on any atom is -0.484 e. The van der Waals surface area contributed by atoms with Gasteiger partial charge in [-0.05, 0) is 42.5 Å². The zero-order valence-electron chi connectivity index (χ0n) is 11.9. The number of aromatic nitrogens is 3. The minimum atomic E-state index is 0.0127. The number of hydrogen-bond donors (Lipinski definition) is 1. The summed E-state index contributed by atoms with van der Waals surface area (Å²) >= 11 is 0. The molecule has 1 aliphatic carbocycles. The summed E-state index contributed by atoms with van der Waals surface area (Å²) in [5.41, 5.74) is 4.80. The van der Waals surface area contributed by atoms with Crippen LogP contribution in [0, 0.1) is 11.3 Å². The van der Waals surface area contributed by atoms with E-state index in [1.165, 1.54) is 11.1 Å². The Morgan fingerprint density at radius 1 is 1.27 bits per heavy atom. The quantitative estimate of drug-likeness (QED) is 0.786. The Kier molecular flexibility index (Phi) is 3.01. The SMILES string of the molecule is N#Cc1ccc2c(c1)CCCC2Oc1cnc2cn[nH]c2c1. The minimum absolute atomic E-state index is 0.0127. The van der Waals surface area contributed by atoms with Crippen molar-refractivity contribution in [3.8, 4) is 11.8 Å². The average molecular weight is 290 g/mol. The van der Waals surface area contributed by atoms with Crippen molar-refractivity contribution in [1.29, 1.82) is 5.26 Å². The van der Waals surface area contributed by atoms with Crippen LogP contribution in [-0.4, -0.2) is 15.2 Å². The van der Waals surface area contributed by atoms with Crippen LogP contribution in [0.3, 0.4) is 0 Å². The third-order valence-corrected chi connectivity index (χ3v) is 4.07. The number of nitriles is 1. The molecule has 0 bridgehead atoms. The number of fused-ring (bicyclic) bond motifs is 2. The lowest BCUT2D eigenvalue weighted by molar-refractivity contribution is 0.183. The van der Waals surface area contributed by atoms with Crippen molar-refractivity contribution in [3.63, 3.8) is 0 Å². The van der Waals surface area contributed by atoms with Gasteiger partial charge in [0.15, 0.2) is 0 Å². The van der Waals surface area contributed by atoms with Crippen molar-refractivity contribution in [2.75, 3.05) is 0 Å². The maximum absolute atomic E-state index is 9.02. The molecule has 0 amide bonds. The molecule has 4 rings (SSSR count). The smallest absolute Gasteiger partial charge is 0.140 e. The van der Waals surface area contributed by atoms with Crippen LogP contribution in [0.2, 0.25) is 0 Å². The highest BCUT2D eigenvalue weighted by Gasteiger charge is 2.22. The van der Waals surface area contributed by atoms with Gasteiger partial charge in [-0.2, -0.15) is 10.4 Å². The number of hydrogen-bond acceptors (Lipinski definition) is 4. The second-order valence-electron chi connectivity index (χ2n) is 5.50. The molecular formula is C17H14N4O. The Bertz CT molecular complexity index is 878. The van der Waals surface area contributed by atoms with E-state index in [2.05, 4.69) is 21.3 Å². The zero-order valence-corrected chi connectivity index (χ0v) is 11.9. The van der Waals surface area contributed by atoms with E-state index in [9.17, 15) is 0 Å². The first-order chi connectivity index (χ1) is 10.8. The predicted molar refractivity (Wildman–Crippen MR) is 81.4 cm³/mol. The summed E-state index contributed by atoms with van der Waals surface area (Å²) < 4.78 is 6.14. The normalized spacial score (nSPS) is 17.0. The molecule has 22 heavy (non-hydrogen) atoms. The van der Waals surface area contributed by atoms with E-state index in [0.29, 0.717) is 5.56 Å². The van der Waals surface area contributed by atoms with E-state index in [1.54, 1.807) is 12.4 Å². The number of nitrogens with one attached hydrogen (secondary N) is 1. The van der Waals surface area contributed by atoms with Crippen molar-refractivity contribution < 1.29 is 4.74 Å². The summed E-state index contributed by atoms with van der Waals surface area (Å²) in [5.74, 6) is 0.735. The summed E-state index contributed by atoms with van der Waals surface area (Å²) in [7, 11) is 0. The van der Waals surface area contributed by atoms with Gasteiger partial charge in [0.1, 0.15) is 17.4 Å². The van der Waals surface area contributed by atoms with Crippen LogP contribution < -0.4 is 4.74 Å². The van der Waals surface area contributed by atoms with E-state index in [4.69, 9.17) is 10.00 Å². The molecule has 1 atom stereocenters. The predicted octanol–water partition coefficient (Wildman–Crippen LogP) is 3.29. The fraction of sp³-hybridized carbons (Fsp3) is 0.235. The molecule has 1 unspecified atom stereocenters. The lowest BCUT2D eigenvalue weighted by Crippen LogP contribution is -2.15. The molecule has 0 aliphatic heterocycles. The van der Waals surface area contributed by atoms with Gasteiger partial charge in [-0.15, -0.1) is 0 Å². The molecule has 3 aromatic rings. The number of nitrogens with zero attached hydrogens (tertiary/aromatic N) is 3. The average Bonchev–Trinajstić information content (AvgIpc) is 3.02. The molecule has 1 N–H and O–H groups in total. The first-order valence-corrected chi connectivity index (χ1v) is 7.32. The molecule has 0 saturated heterocycles. The van der Waals surface area contributed by atoms with Crippen molar-refractivity contribution >= 4 is 11.0 Å². The van der Waals surface area contributed by atoms with Gasteiger partial charge in [-0.25, -0.2) is 4.98 Å². The van der Waals surface area contributed by atoms with Crippen LogP contribution >= 0.6 is 0 Å². The molecule has 5 nitrogen and oxygen atoms in total. The maximum Gasteiger partial charge on any atom is 0.140 e. The van der Waals surface area contributed by atoms with Crippen LogP contribution in [0.15, 0.2) is 36.7 Å². The third-order valence-electron chi connectivity index (χ3n) is 4.07. The first-order valence-electron chi connectivity index (χ1n) is 7.32. The summed E-state index contributed by atoms with van der Waals surface area (Å²) in [5, 5.41) is 15.9. The van der Waals surface area contributed by atoms with Crippen molar-refractivity contribution in [3.05, 3.63) is 53.3 Å². The van der Waals surface area contributed by atoms with E-state index >= 15 is 0 Å². The van der Waals surface area contributed by atoms with Gasteiger partial charge in [-0.3, -0.25) is 5.10 Å². The fourth-order valence-corrected chi connectivity index (χ4v) is 3.00. The van der Waals surface area contributed by atoms with Gasteiger partial charge >= 0.3 is 0 Å². The largest absolute Gasteiger partial charge is 0.484 e. The van der Waals surface area contributed by atoms with Crippen LogP contribution in [0.25, 0.3) is 11.0 Å². The monoisotopic (exact) mass is 290 g/mol. The molecule has 108 valence electrons. The second-order valence-corrected chi connectivity index (χ2v) is 5.50. The molecule has 1 aliphatic rings. The molecule has 1 aromatic carbocycles. The van der Waals surface area contributed by atoms with Gasteiger partial charge in [0.25, 0.3) is 0 Å². The second kappa shape index (κ2) is 5.15. The number of ether oxygens (including phenoxy) is 1. The Labute approximate surface area is 127 Å². The van der Waals surface area contributed by atoms with Gasteiger partial charge < -0.3 is 4.74 Å². The Hall–Kier alpha value is -2.87. The van der Waals surface area contributed by atoms with Crippen LogP contribution in [-0.2, 0) is 6.42 Å². The number of aryl methyl sites for hydroxylation is 1. The van der Waals surface area contributed by atoms with Crippen LogP contribution in [0.1, 0.15) is 35.6 Å². The molecule has 0 radical (unpaired) electrons. The lowest BCUT2D eigenvalue weighted by Gasteiger charge is -2.26. The van der Waals surface area contributed by atoms with Gasteiger partial charge in [-0.1, -0.05) is 6.07 Å². The molecule has 5 heteroatoms. The molecule has 0 spiro atoms. The first kappa shape index (κ1) is 12.8. The third kappa shape index (κ3) is 2.19. The molecular weight excluding hydrogens is 276 g/mol. The van der Waals surface area contributed by atoms with Crippen molar-refractivity contribution in [2.45, 2.75) is 25.4 Å². The molecule has 2 heterocycles. The topological polar surface area (TPSA) is 74.6 Å². The molecule has 0 fully saturated rings. The number of H-pyrrole nitrogens is 1. The van der Waals surface area contributed by atoms with Gasteiger partial charge in [0, 0.05) is 6.07 Å². The Balaban J connectivity index is 1.65. The van der Waals surface area contributed by atoms with E-state index in [1.807, 2.05) is 24.3 Å². The fourth-order valence-electron chi connectivity index (χ4n) is 3.00. The Morgan fingerprint density at radius 3 is 3.14 bits per heavy atom. The number of pyridine rings is 1. The summed E-state index contributed by atoms with van der Waals surface area (Å²) in [6, 6.07) is 9.97. The number of aromatic amines is 1. The number of rotatable bonds is 2. The zero-order chi connectivity index (χ0) is 14.9. The summed E-state index contributed by atoms with van der Waals surface area (Å²) in [6.45, 7) is 0. The van der Waals surface area contributed by atoms with Crippen molar-refractivity contribution in [2.24, 2.45) is 0 Å². The van der Waals surface area contributed by atoms with Gasteiger partial charge in [0.2, 0.25) is 0 Å². The Morgan fingerprint density at radius 2 is 2.23 bits per heavy atom. The van der Waals surface area contributed by atoms with E-state index < -0.39 is 0 Å². The van der Waals surface area contributed by atoms with Crippen LogP contribution in [0.4, 0.5) is 0 Å². The highest BCUT2D eigenvalue weighted by molar-refractivity contribution is 5.74. The maximum atomic E-state index is 9.02. The highest BCUT2D eigenvalue weighted by Crippen LogP contribution is 2.34. The van der Waals surface area contributed by atoms with E-state index in [0.717, 1.165) is 36.0 Å². The number of benzene rings is 1. The molecule has 0 saturated carbocycles. The molecule has 2 aromatic heterocycles. The van der Waals surface area contributed by atoms with Crippen LogP contribution in [0.5, 0.6) is 5.75 Å².